The maximum Gasteiger partial charge on any atom is 0.243 e. The third-order valence-electron chi connectivity index (χ3n) is 4.84. The highest BCUT2D eigenvalue weighted by Gasteiger charge is 2.29. The van der Waals surface area contributed by atoms with Crippen LogP contribution >= 0.6 is 11.6 Å². The van der Waals surface area contributed by atoms with Crippen molar-refractivity contribution >= 4 is 33.4 Å². The number of nitrogens with zero attached hydrogens (tertiary/aromatic N) is 1. The Kier molecular flexibility index (Phi) is 7.47. The first-order chi connectivity index (χ1) is 14.4. The molecule has 1 heterocycles. The van der Waals surface area contributed by atoms with Crippen molar-refractivity contribution in [2.24, 2.45) is 0 Å². The SMILES string of the molecule is O=C(CN(Cc1ccccc1)S(=O)(=O)c1ccc(Cl)cc1)NC1CCCCNC1=O. The van der Waals surface area contributed by atoms with E-state index >= 15 is 0 Å². The van der Waals surface area contributed by atoms with Crippen molar-refractivity contribution in [3.8, 4) is 0 Å². The maximum absolute atomic E-state index is 13.2. The van der Waals surface area contributed by atoms with Gasteiger partial charge in [0, 0.05) is 18.1 Å². The Morgan fingerprint density at radius 2 is 1.80 bits per heavy atom. The lowest BCUT2D eigenvalue weighted by Crippen LogP contribution is -2.49. The summed E-state index contributed by atoms with van der Waals surface area (Å²) in [6, 6.07) is 14.2. The Morgan fingerprint density at radius 1 is 1.10 bits per heavy atom. The van der Waals surface area contributed by atoms with Crippen molar-refractivity contribution in [1.29, 1.82) is 0 Å². The largest absolute Gasteiger partial charge is 0.354 e. The number of benzene rings is 2. The molecule has 0 radical (unpaired) electrons. The van der Waals surface area contributed by atoms with Crippen LogP contribution in [-0.4, -0.2) is 43.7 Å². The van der Waals surface area contributed by atoms with Crippen molar-refractivity contribution in [2.45, 2.75) is 36.7 Å². The Hall–Kier alpha value is -2.42. The number of nitrogens with one attached hydrogen (secondary N) is 2. The first-order valence-electron chi connectivity index (χ1n) is 9.73. The van der Waals surface area contributed by atoms with Crippen molar-refractivity contribution in [2.75, 3.05) is 13.1 Å². The van der Waals surface area contributed by atoms with Crippen molar-refractivity contribution in [3.63, 3.8) is 0 Å². The lowest BCUT2D eigenvalue weighted by Gasteiger charge is -2.23. The van der Waals surface area contributed by atoms with Crippen LogP contribution in [0, 0.1) is 0 Å². The number of hydrogen-bond acceptors (Lipinski definition) is 4. The predicted octanol–water partition coefficient (Wildman–Crippen LogP) is 2.32. The van der Waals surface area contributed by atoms with Gasteiger partial charge in [-0.1, -0.05) is 41.9 Å². The minimum absolute atomic E-state index is 0.0239. The molecule has 1 fully saturated rings. The average Bonchev–Trinajstić information content (AvgIpc) is 2.93. The normalized spacial score (nSPS) is 17.3. The van der Waals surface area contributed by atoms with E-state index in [9.17, 15) is 18.0 Å². The van der Waals surface area contributed by atoms with Gasteiger partial charge in [-0.2, -0.15) is 4.31 Å². The summed E-state index contributed by atoms with van der Waals surface area (Å²) in [7, 11) is -3.96. The predicted molar refractivity (Wildman–Crippen MR) is 114 cm³/mol. The van der Waals surface area contributed by atoms with Crippen molar-refractivity contribution < 1.29 is 18.0 Å². The lowest BCUT2D eigenvalue weighted by atomic mass is 10.1. The molecule has 7 nitrogen and oxygen atoms in total. The third-order valence-corrected chi connectivity index (χ3v) is 6.90. The minimum Gasteiger partial charge on any atom is -0.354 e. The van der Waals surface area contributed by atoms with E-state index in [0.717, 1.165) is 22.7 Å². The van der Waals surface area contributed by atoms with E-state index in [1.807, 2.05) is 6.07 Å². The Bertz CT molecular complexity index is 981. The molecule has 2 amide bonds. The monoisotopic (exact) mass is 449 g/mol. The highest BCUT2D eigenvalue weighted by atomic mass is 35.5. The number of carbonyl (C=O) groups excluding carboxylic acids is 2. The van der Waals surface area contributed by atoms with Crippen LogP contribution in [0.25, 0.3) is 0 Å². The number of carbonyl (C=O) groups is 2. The van der Waals surface area contributed by atoms with E-state index in [0.29, 0.717) is 18.0 Å². The quantitative estimate of drug-likeness (QED) is 0.678. The molecule has 160 valence electrons. The van der Waals surface area contributed by atoms with Gasteiger partial charge in [-0.25, -0.2) is 8.42 Å². The van der Waals surface area contributed by atoms with Gasteiger partial charge in [-0.05, 0) is 49.1 Å². The molecule has 30 heavy (non-hydrogen) atoms. The van der Waals surface area contributed by atoms with E-state index in [4.69, 9.17) is 11.6 Å². The molecular formula is C21H24ClN3O4S. The summed E-state index contributed by atoms with van der Waals surface area (Å²) in [5.74, 6) is -0.762. The molecular weight excluding hydrogens is 426 g/mol. The van der Waals surface area contributed by atoms with Gasteiger partial charge in [0.15, 0.2) is 0 Å². The van der Waals surface area contributed by atoms with Gasteiger partial charge in [0.1, 0.15) is 6.04 Å². The summed E-state index contributed by atoms with van der Waals surface area (Å²) in [5.41, 5.74) is 0.745. The molecule has 1 atom stereocenters. The second-order valence-electron chi connectivity index (χ2n) is 7.12. The van der Waals surface area contributed by atoms with Crippen LogP contribution < -0.4 is 10.6 Å². The number of sulfonamides is 1. The summed E-state index contributed by atoms with van der Waals surface area (Å²) >= 11 is 5.88. The molecule has 2 aromatic rings. The van der Waals surface area contributed by atoms with Crippen LogP contribution in [0.15, 0.2) is 59.5 Å². The summed E-state index contributed by atoms with van der Waals surface area (Å²) in [6.07, 6.45) is 2.18. The van der Waals surface area contributed by atoms with Crippen LogP contribution in [-0.2, 0) is 26.2 Å². The minimum atomic E-state index is -3.96. The molecule has 0 aromatic heterocycles. The summed E-state index contributed by atoms with van der Waals surface area (Å²) < 4.78 is 27.5. The van der Waals surface area contributed by atoms with Crippen LogP contribution in [0.2, 0.25) is 5.02 Å². The molecule has 1 saturated heterocycles. The topological polar surface area (TPSA) is 95.6 Å². The fourth-order valence-corrected chi connectivity index (χ4v) is 4.76. The van der Waals surface area contributed by atoms with Crippen LogP contribution in [0.1, 0.15) is 24.8 Å². The van der Waals surface area contributed by atoms with Gasteiger partial charge in [0.2, 0.25) is 21.8 Å². The van der Waals surface area contributed by atoms with Crippen LogP contribution in [0.3, 0.4) is 0 Å². The molecule has 3 rings (SSSR count). The zero-order chi connectivity index (χ0) is 21.6. The van der Waals surface area contributed by atoms with Crippen LogP contribution in [0.4, 0.5) is 0 Å². The summed E-state index contributed by atoms with van der Waals surface area (Å²) in [4.78, 5) is 24.8. The zero-order valence-electron chi connectivity index (χ0n) is 16.4. The molecule has 1 unspecified atom stereocenters. The standard InChI is InChI=1S/C21H24ClN3O4S/c22-17-9-11-18(12-10-17)30(28,29)25(14-16-6-2-1-3-7-16)15-20(26)24-19-8-4-5-13-23-21(19)27/h1-3,6-7,9-12,19H,4-5,8,13-15H2,(H,23,27)(H,24,26). The Morgan fingerprint density at radius 3 is 2.50 bits per heavy atom. The van der Waals surface area contributed by atoms with Gasteiger partial charge in [-0.3, -0.25) is 9.59 Å². The highest BCUT2D eigenvalue weighted by Crippen LogP contribution is 2.20. The molecule has 0 saturated carbocycles. The van der Waals surface area contributed by atoms with Crippen LogP contribution in [0.5, 0.6) is 0 Å². The lowest BCUT2D eigenvalue weighted by molar-refractivity contribution is -0.128. The number of halogens is 1. The first-order valence-corrected chi connectivity index (χ1v) is 11.5. The second-order valence-corrected chi connectivity index (χ2v) is 9.49. The summed E-state index contributed by atoms with van der Waals surface area (Å²) in [6.45, 7) is 0.204. The Balaban J connectivity index is 1.81. The van der Waals surface area contributed by atoms with E-state index in [1.165, 1.54) is 24.3 Å². The first kappa shape index (κ1) is 22.3. The molecule has 0 aliphatic carbocycles. The van der Waals surface area contributed by atoms with Gasteiger partial charge >= 0.3 is 0 Å². The maximum atomic E-state index is 13.2. The average molecular weight is 450 g/mol. The third kappa shape index (κ3) is 5.81. The fourth-order valence-electron chi connectivity index (χ4n) is 3.25. The molecule has 1 aliphatic heterocycles. The van der Waals surface area contributed by atoms with Gasteiger partial charge < -0.3 is 10.6 Å². The van der Waals surface area contributed by atoms with Gasteiger partial charge in [0.25, 0.3) is 0 Å². The Labute approximate surface area is 181 Å². The smallest absolute Gasteiger partial charge is 0.243 e. The van der Waals surface area contributed by atoms with Gasteiger partial charge in [-0.15, -0.1) is 0 Å². The zero-order valence-corrected chi connectivity index (χ0v) is 18.0. The second kappa shape index (κ2) is 10.1. The van der Waals surface area contributed by atoms with E-state index in [2.05, 4.69) is 10.6 Å². The number of hydrogen-bond donors (Lipinski definition) is 2. The number of amides is 2. The van der Waals surface area contributed by atoms with Crippen molar-refractivity contribution in [1.82, 2.24) is 14.9 Å². The summed E-state index contributed by atoms with van der Waals surface area (Å²) in [5, 5.41) is 5.85. The van der Waals surface area contributed by atoms with Crippen molar-refractivity contribution in [3.05, 3.63) is 65.2 Å². The van der Waals surface area contributed by atoms with Gasteiger partial charge in [0.05, 0.1) is 11.4 Å². The fraction of sp³-hybridized carbons (Fsp3) is 0.333. The molecule has 2 N–H and O–H groups in total. The van der Waals surface area contributed by atoms with E-state index < -0.39 is 28.5 Å². The molecule has 9 heteroatoms. The van der Waals surface area contributed by atoms with E-state index in [-0.39, 0.29) is 17.3 Å². The number of rotatable bonds is 7. The molecule has 1 aliphatic rings. The molecule has 0 spiro atoms. The highest BCUT2D eigenvalue weighted by molar-refractivity contribution is 7.89. The molecule has 0 bridgehead atoms. The van der Waals surface area contributed by atoms with E-state index in [1.54, 1.807) is 24.3 Å². The molecule has 2 aromatic carbocycles.